The summed E-state index contributed by atoms with van der Waals surface area (Å²) in [7, 11) is -3.60. The molecule has 0 aliphatic heterocycles. The number of para-hydroxylation sites is 1. The van der Waals surface area contributed by atoms with E-state index in [4.69, 9.17) is 4.74 Å². The highest BCUT2D eigenvalue weighted by atomic mass is 32.2. The predicted octanol–water partition coefficient (Wildman–Crippen LogP) is 3.34. The van der Waals surface area contributed by atoms with Crippen LogP contribution < -0.4 is 14.8 Å². The Morgan fingerprint density at radius 2 is 1.67 bits per heavy atom. The van der Waals surface area contributed by atoms with E-state index in [-0.39, 0.29) is 17.4 Å². The average Bonchev–Trinajstić information content (AvgIpc) is 2.59. The second-order valence-corrected chi connectivity index (χ2v) is 8.86. The van der Waals surface area contributed by atoms with E-state index in [1.54, 1.807) is 20.8 Å². The van der Waals surface area contributed by atoms with E-state index < -0.39 is 15.6 Å². The highest BCUT2D eigenvalue weighted by Crippen LogP contribution is 2.18. The molecule has 2 aromatic carbocycles. The van der Waals surface area contributed by atoms with Crippen molar-refractivity contribution in [3.05, 3.63) is 54.1 Å². The summed E-state index contributed by atoms with van der Waals surface area (Å²) in [6, 6.07) is 13.6. The van der Waals surface area contributed by atoms with Gasteiger partial charge in [-0.25, -0.2) is 13.1 Å². The van der Waals surface area contributed by atoms with Crippen molar-refractivity contribution >= 4 is 21.6 Å². The number of benzene rings is 2. The van der Waals surface area contributed by atoms with Crippen LogP contribution in [0.15, 0.2) is 53.4 Å². The van der Waals surface area contributed by atoms with Crippen molar-refractivity contribution in [2.45, 2.75) is 44.6 Å². The lowest BCUT2D eigenvalue weighted by molar-refractivity contribution is -0.118. The molecule has 2 aromatic rings. The summed E-state index contributed by atoms with van der Waals surface area (Å²) in [5.41, 5.74) is 1.25. The van der Waals surface area contributed by atoms with Crippen LogP contribution in [0, 0.1) is 0 Å². The number of aryl methyl sites for hydroxylation is 1. The molecular formula is C20H26N2O4S. The lowest BCUT2D eigenvalue weighted by Crippen LogP contribution is -2.40. The fraction of sp³-hybridized carbons (Fsp3) is 0.350. The highest BCUT2D eigenvalue weighted by molar-refractivity contribution is 7.89. The normalized spacial score (nSPS) is 11.9. The van der Waals surface area contributed by atoms with Gasteiger partial charge in [0, 0.05) is 11.2 Å². The van der Waals surface area contributed by atoms with Crippen LogP contribution >= 0.6 is 0 Å². The summed E-state index contributed by atoms with van der Waals surface area (Å²) in [4.78, 5) is 12.2. The van der Waals surface area contributed by atoms with Crippen LogP contribution in [0.3, 0.4) is 0 Å². The smallest absolute Gasteiger partial charge is 0.262 e. The van der Waals surface area contributed by atoms with Gasteiger partial charge in [0.2, 0.25) is 10.0 Å². The van der Waals surface area contributed by atoms with E-state index in [9.17, 15) is 13.2 Å². The summed E-state index contributed by atoms with van der Waals surface area (Å²) in [6.45, 7) is 7.18. The van der Waals surface area contributed by atoms with Crippen molar-refractivity contribution in [1.29, 1.82) is 0 Å². The molecule has 0 heterocycles. The summed E-state index contributed by atoms with van der Waals surface area (Å²) < 4.78 is 32.6. The van der Waals surface area contributed by atoms with Gasteiger partial charge >= 0.3 is 0 Å². The van der Waals surface area contributed by atoms with Gasteiger partial charge in [-0.3, -0.25) is 4.79 Å². The highest BCUT2D eigenvalue weighted by Gasteiger charge is 2.21. The van der Waals surface area contributed by atoms with Crippen molar-refractivity contribution in [2.75, 3.05) is 11.9 Å². The van der Waals surface area contributed by atoms with E-state index in [1.165, 1.54) is 24.3 Å². The van der Waals surface area contributed by atoms with Crippen LogP contribution in [0.5, 0.6) is 5.75 Å². The quantitative estimate of drug-likeness (QED) is 0.759. The number of carbonyl (C=O) groups is 1. The molecule has 1 amide bonds. The molecule has 7 heteroatoms. The van der Waals surface area contributed by atoms with Gasteiger partial charge < -0.3 is 10.1 Å². The van der Waals surface area contributed by atoms with Crippen LogP contribution in [0.1, 0.15) is 33.3 Å². The Balaban J connectivity index is 1.96. The monoisotopic (exact) mass is 390 g/mol. The number of sulfonamides is 1. The fourth-order valence-corrected chi connectivity index (χ4v) is 3.88. The van der Waals surface area contributed by atoms with Crippen LogP contribution in [0.25, 0.3) is 0 Å². The summed E-state index contributed by atoms with van der Waals surface area (Å²) >= 11 is 0. The molecule has 0 unspecified atom stereocenters. The first kappa shape index (κ1) is 20.9. The third-order valence-corrected chi connectivity index (χ3v) is 5.39. The molecule has 27 heavy (non-hydrogen) atoms. The van der Waals surface area contributed by atoms with Gasteiger partial charge in [0.15, 0.2) is 6.61 Å². The number of hydrogen-bond donors (Lipinski definition) is 2. The molecule has 0 aliphatic carbocycles. The van der Waals surface area contributed by atoms with E-state index in [0.717, 1.165) is 17.7 Å². The minimum absolute atomic E-state index is 0.145. The van der Waals surface area contributed by atoms with E-state index in [2.05, 4.69) is 10.0 Å². The molecule has 6 nitrogen and oxygen atoms in total. The van der Waals surface area contributed by atoms with E-state index in [1.807, 2.05) is 31.2 Å². The number of carbonyl (C=O) groups excluding carboxylic acids is 1. The van der Waals surface area contributed by atoms with Crippen molar-refractivity contribution in [3.8, 4) is 5.75 Å². The van der Waals surface area contributed by atoms with Crippen molar-refractivity contribution in [2.24, 2.45) is 0 Å². The number of anilines is 1. The molecule has 0 fully saturated rings. The van der Waals surface area contributed by atoms with Crippen LogP contribution in [0.2, 0.25) is 0 Å². The Morgan fingerprint density at radius 3 is 2.26 bits per heavy atom. The molecule has 0 saturated carbocycles. The van der Waals surface area contributed by atoms with E-state index in [0.29, 0.717) is 5.75 Å². The van der Waals surface area contributed by atoms with Crippen LogP contribution in [-0.4, -0.2) is 26.5 Å². The topological polar surface area (TPSA) is 84.5 Å². The van der Waals surface area contributed by atoms with Gasteiger partial charge in [0.25, 0.3) is 5.91 Å². The Bertz CT molecular complexity index is 885. The third kappa shape index (κ3) is 6.37. The second kappa shape index (κ2) is 8.54. The average molecular weight is 391 g/mol. The Labute approximate surface area is 161 Å². The Hall–Kier alpha value is -2.38. The molecule has 2 N–H and O–H groups in total. The van der Waals surface area contributed by atoms with Gasteiger partial charge in [-0.15, -0.1) is 0 Å². The summed E-state index contributed by atoms with van der Waals surface area (Å²) in [6.07, 6.45) is 0.815. The van der Waals surface area contributed by atoms with Gasteiger partial charge in [-0.2, -0.15) is 0 Å². The van der Waals surface area contributed by atoms with Crippen LogP contribution in [-0.2, 0) is 21.2 Å². The van der Waals surface area contributed by atoms with Crippen molar-refractivity contribution < 1.29 is 17.9 Å². The maximum absolute atomic E-state index is 12.3. The van der Waals surface area contributed by atoms with E-state index >= 15 is 0 Å². The zero-order valence-electron chi connectivity index (χ0n) is 16.1. The molecule has 0 bridgehead atoms. The zero-order valence-corrected chi connectivity index (χ0v) is 16.9. The molecule has 0 atom stereocenters. The van der Waals surface area contributed by atoms with Gasteiger partial charge in [0.05, 0.1) is 4.90 Å². The molecule has 146 valence electrons. The maximum Gasteiger partial charge on any atom is 0.262 e. The minimum Gasteiger partial charge on any atom is -0.484 e. The number of ether oxygens (including phenoxy) is 1. The first-order chi connectivity index (χ1) is 12.6. The summed E-state index contributed by atoms with van der Waals surface area (Å²) in [5.74, 6) is 0.144. The first-order valence-corrected chi connectivity index (χ1v) is 10.2. The predicted molar refractivity (Wildman–Crippen MR) is 106 cm³/mol. The molecule has 0 saturated heterocycles. The standard InChI is InChI=1S/C20H26N2O4S/c1-5-15-8-6-7-9-18(15)21-19(23)14-26-16-10-12-17(13-11-16)27(24,25)22-20(2,3)4/h6-13,22H,5,14H2,1-4H3,(H,21,23). The molecule has 0 radical (unpaired) electrons. The zero-order chi connectivity index (χ0) is 20.1. The van der Waals surface area contributed by atoms with Gasteiger partial charge in [-0.1, -0.05) is 25.1 Å². The SMILES string of the molecule is CCc1ccccc1NC(=O)COc1ccc(S(=O)(=O)NC(C)(C)C)cc1. The minimum atomic E-state index is -3.60. The van der Waals surface area contributed by atoms with Gasteiger partial charge in [-0.05, 0) is 63.1 Å². The number of rotatable bonds is 7. The number of amides is 1. The molecule has 0 spiro atoms. The Morgan fingerprint density at radius 1 is 1.04 bits per heavy atom. The molecule has 2 rings (SSSR count). The van der Waals surface area contributed by atoms with Crippen LogP contribution in [0.4, 0.5) is 5.69 Å². The van der Waals surface area contributed by atoms with Crippen molar-refractivity contribution in [1.82, 2.24) is 4.72 Å². The van der Waals surface area contributed by atoms with Gasteiger partial charge in [0.1, 0.15) is 5.75 Å². The molecule has 0 aliphatic rings. The lowest BCUT2D eigenvalue weighted by atomic mass is 10.1. The third-order valence-electron chi connectivity index (χ3n) is 3.62. The first-order valence-electron chi connectivity index (χ1n) is 8.75. The lowest BCUT2D eigenvalue weighted by Gasteiger charge is -2.20. The number of hydrogen-bond acceptors (Lipinski definition) is 4. The maximum atomic E-state index is 12.3. The Kier molecular flexibility index (Phi) is 6.62. The van der Waals surface area contributed by atoms with Crippen molar-refractivity contribution in [3.63, 3.8) is 0 Å². The number of nitrogens with one attached hydrogen (secondary N) is 2. The molecular weight excluding hydrogens is 364 g/mol. The second-order valence-electron chi connectivity index (χ2n) is 7.17. The largest absolute Gasteiger partial charge is 0.484 e. The molecule has 0 aromatic heterocycles. The fourth-order valence-electron chi connectivity index (χ4n) is 2.46. The summed E-state index contributed by atoms with van der Waals surface area (Å²) in [5, 5.41) is 2.82.